The molecule has 1 aromatic heterocycles. The molecule has 6 heteroatoms. The minimum Gasteiger partial charge on any atom is -0.480 e. The first kappa shape index (κ1) is 14.1. The van der Waals surface area contributed by atoms with Gasteiger partial charge in [-0.15, -0.1) is 0 Å². The molecule has 1 rings (SSSR count). The fraction of sp³-hybridized carbons (Fsp3) is 0.636. The lowest BCUT2D eigenvalue weighted by molar-refractivity contribution is -0.137. The van der Waals surface area contributed by atoms with Crippen LogP contribution < -0.4 is 5.73 Å². The molecular formula is C11H19N3O2S. The summed E-state index contributed by atoms with van der Waals surface area (Å²) in [5.41, 5.74) is 7.65. The van der Waals surface area contributed by atoms with Crippen LogP contribution in [-0.4, -0.2) is 32.7 Å². The highest BCUT2D eigenvalue weighted by atomic mass is 32.2. The molecule has 0 aliphatic heterocycles. The highest BCUT2D eigenvalue weighted by Gasteiger charge is 2.12. The van der Waals surface area contributed by atoms with Crippen molar-refractivity contribution in [1.29, 1.82) is 0 Å². The number of aryl methyl sites for hydroxylation is 2. The molecule has 0 bridgehead atoms. The van der Waals surface area contributed by atoms with Crippen LogP contribution in [0.15, 0.2) is 6.07 Å². The van der Waals surface area contributed by atoms with E-state index in [0.29, 0.717) is 5.75 Å². The molecule has 0 radical (unpaired) electrons. The van der Waals surface area contributed by atoms with E-state index < -0.39 is 12.0 Å². The van der Waals surface area contributed by atoms with Crippen LogP contribution in [0.4, 0.5) is 0 Å². The third kappa shape index (κ3) is 4.05. The molecule has 0 aliphatic carbocycles. The third-order valence-corrected chi connectivity index (χ3v) is 3.53. The third-order valence-electron chi connectivity index (χ3n) is 2.44. The zero-order chi connectivity index (χ0) is 12.8. The quantitative estimate of drug-likeness (QED) is 0.764. The Morgan fingerprint density at radius 3 is 2.88 bits per heavy atom. The molecule has 0 fully saturated rings. The number of hydrogen-bond acceptors (Lipinski definition) is 4. The molecule has 0 aromatic carbocycles. The molecular weight excluding hydrogens is 238 g/mol. The molecule has 0 amide bonds. The van der Waals surface area contributed by atoms with Crippen LogP contribution in [0.2, 0.25) is 0 Å². The van der Waals surface area contributed by atoms with Gasteiger partial charge in [0.1, 0.15) is 6.04 Å². The van der Waals surface area contributed by atoms with Crippen molar-refractivity contribution in [2.75, 3.05) is 5.75 Å². The second-order valence-corrected chi connectivity index (χ2v) is 4.79. The van der Waals surface area contributed by atoms with Gasteiger partial charge in [0.2, 0.25) is 0 Å². The van der Waals surface area contributed by atoms with E-state index in [1.807, 2.05) is 11.6 Å². The summed E-state index contributed by atoms with van der Waals surface area (Å²) in [6.07, 6.45) is 0.916. The number of carbonyl (C=O) groups is 1. The van der Waals surface area contributed by atoms with Gasteiger partial charge in [-0.05, 0) is 19.4 Å². The van der Waals surface area contributed by atoms with E-state index in [0.717, 1.165) is 30.1 Å². The Kier molecular flexibility index (Phi) is 5.50. The van der Waals surface area contributed by atoms with Crippen LogP contribution in [0, 0.1) is 0 Å². The summed E-state index contributed by atoms with van der Waals surface area (Å²) in [6.45, 7) is 4.95. The topological polar surface area (TPSA) is 81.1 Å². The van der Waals surface area contributed by atoms with E-state index >= 15 is 0 Å². The fourth-order valence-corrected chi connectivity index (χ4v) is 2.40. The van der Waals surface area contributed by atoms with Crippen molar-refractivity contribution >= 4 is 17.7 Å². The standard InChI is InChI=1S/C11H19N3O2S/c1-3-8-5-9(14(4-2)13-8)6-17-7-10(12)11(15)16/h5,10H,3-4,6-7,12H2,1-2H3,(H,15,16)/t10-/m1/s1. The molecule has 0 saturated heterocycles. The molecule has 0 unspecified atom stereocenters. The van der Waals surface area contributed by atoms with Gasteiger partial charge < -0.3 is 10.8 Å². The van der Waals surface area contributed by atoms with Crippen molar-refractivity contribution in [2.45, 2.75) is 38.6 Å². The van der Waals surface area contributed by atoms with Gasteiger partial charge in [-0.25, -0.2) is 0 Å². The lowest BCUT2D eigenvalue weighted by atomic mass is 10.3. The highest BCUT2D eigenvalue weighted by molar-refractivity contribution is 7.98. The number of thioether (sulfide) groups is 1. The van der Waals surface area contributed by atoms with Gasteiger partial charge in [0, 0.05) is 23.7 Å². The molecule has 17 heavy (non-hydrogen) atoms. The SMILES string of the molecule is CCc1cc(CSC[C@@H](N)C(=O)O)n(CC)n1. The van der Waals surface area contributed by atoms with E-state index in [2.05, 4.69) is 18.1 Å². The maximum atomic E-state index is 10.6. The zero-order valence-corrected chi connectivity index (χ0v) is 11.0. The van der Waals surface area contributed by atoms with Crippen LogP contribution in [0.25, 0.3) is 0 Å². The number of aliphatic carboxylic acids is 1. The van der Waals surface area contributed by atoms with E-state index in [1.54, 1.807) is 0 Å². The Labute approximate surface area is 105 Å². The number of carboxylic acid groups (broad SMARTS) is 1. The van der Waals surface area contributed by atoms with Crippen LogP contribution in [0.5, 0.6) is 0 Å². The maximum Gasteiger partial charge on any atom is 0.321 e. The molecule has 1 heterocycles. The molecule has 1 aromatic rings. The van der Waals surface area contributed by atoms with Crippen LogP contribution in [0.1, 0.15) is 25.2 Å². The van der Waals surface area contributed by atoms with Gasteiger partial charge in [0.15, 0.2) is 0 Å². The average molecular weight is 257 g/mol. The number of aromatic nitrogens is 2. The van der Waals surface area contributed by atoms with E-state index in [-0.39, 0.29) is 0 Å². The lowest BCUT2D eigenvalue weighted by Gasteiger charge is -2.07. The first-order valence-electron chi connectivity index (χ1n) is 5.70. The highest BCUT2D eigenvalue weighted by Crippen LogP contribution is 2.15. The number of nitrogens with two attached hydrogens (primary N) is 1. The van der Waals surface area contributed by atoms with Crippen molar-refractivity contribution in [1.82, 2.24) is 9.78 Å². The number of nitrogens with zero attached hydrogens (tertiary/aromatic N) is 2. The summed E-state index contributed by atoms with van der Waals surface area (Å²) in [5, 5.41) is 13.1. The summed E-state index contributed by atoms with van der Waals surface area (Å²) in [6, 6.07) is 1.28. The summed E-state index contributed by atoms with van der Waals surface area (Å²) < 4.78 is 1.96. The Bertz CT molecular complexity index is 379. The Hall–Kier alpha value is -1.01. The van der Waals surface area contributed by atoms with Gasteiger partial charge in [-0.1, -0.05) is 6.92 Å². The lowest BCUT2D eigenvalue weighted by Crippen LogP contribution is -2.32. The summed E-state index contributed by atoms with van der Waals surface area (Å²) in [7, 11) is 0. The summed E-state index contributed by atoms with van der Waals surface area (Å²) in [5.74, 6) is 0.226. The molecule has 0 aliphatic rings. The minimum absolute atomic E-state index is 0.422. The number of hydrogen-bond donors (Lipinski definition) is 2. The molecule has 0 saturated carbocycles. The molecule has 1 atom stereocenters. The first-order valence-corrected chi connectivity index (χ1v) is 6.85. The van der Waals surface area contributed by atoms with Gasteiger partial charge in [0.05, 0.1) is 5.69 Å². The zero-order valence-electron chi connectivity index (χ0n) is 10.2. The van der Waals surface area contributed by atoms with Crippen molar-refractivity contribution in [3.05, 3.63) is 17.5 Å². The van der Waals surface area contributed by atoms with Crippen molar-refractivity contribution < 1.29 is 9.90 Å². The number of carboxylic acids is 1. The second-order valence-electron chi connectivity index (χ2n) is 3.76. The normalized spacial score (nSPS) is 12.6. The van der Waals surface area contributed by atoms with E-state index in [9.17, 15) is 4.79 Å². The second kappa shape index (κ2) is 6.66. The summed E-state index contributed by atoms with van der Waals surface area (Å²) >= 11 is 1.53. The Morgan fingerprint density at radius 2 is 2.35 bits per heavy atom. The van der Waals surface area contributed by atoms with Gasteiger partial charge in [-0.2, -0.15) is 16.9 Å². The minimum atomic E-state index is -0.948. The van der Waals surface area contributed by atoms with Crippen LogP contribution in [0.3, 0.4) is 0 Å². The van der Waals surface area contributed by atoms with Crippen LogP contribution >= 0.6 is 11.8 Å². The van der Waals surface area contributed by atoms with Gasteiger partial charge in [0.25, 0.3) is 0 Å². The predicted molar refractivity (Wildman–Crippen MR) is 69.1 cm³/mol. The Balaban J connectivity index is 2.50. The van der Waals surface area contributed by atoms with Crippen LogP contribution in [-0.2, 0) is 23.5 Å². The molecule has 3 N–H and O–H groups in total. The van der Waals surface area contributed by atoms with Crippen molar-refractivity contribution in [3.63, 3.8) is 0 Å². The molecule has 96 valence electrons. The molecule has 0 spiro atoms. The smallest absolute Gasteiger partial charge is 0.321 e. The number of rotatable bonds is 7. The first-order chi connectivity index (χ1) is 8.08. The van der Waals surface area contributed by atoms with Gasteiger partial charge >= 0.3 is 5.97 Å². The average Bonchev–Trinajstić information content (AvgIpc) is 2.71. The van der Waals surface area contributed by atoms with Crippen molar-refractivity contribution in [2.24, 2.45) is 5.73 Å². The Morgan fingerprint density at radius 1 is 1.65 bits per heavy atom. The van der Waals surface area contributed by atoms with Gasteiger partial charge in [-0.3, -0.25) is 9.48 Å². The van der Waals surface area contributed by atoms with Crippen molar-refractivity contribution in [3.8, 4) is 0 Å². The molecule has 5 nitrogen and oxygen atoms in total. The maximum absolute atomic E-state index is 10.6. The van der Waals surface area contributed by atoms with E-state index in [1.165, 1.54) is 11.8 Å². The monoisotopic (exact) mass is 257 g/mol. The fourth-order valence-electron chi connectivity index (χ4n) is 1.44. The van der Waals surface area contributed by atoms with E-state index in [4.69, 9.17) is 10.8 Å². The summed E-state index contributed by atoms with van der Waals surface area (Å²) in [4.78, 5) is 10.6. The predicted octanol–water partition coefficient (Wildman–Crippen LogP) is 1.11. The largest absolute Gasteiger partial charge is 0.480 e.